The van der Waals surface area contributed by atoms with Gasteiger partial charge in [-0.2, -0.15) is 0 Å². The molecule has 0 radical (unpaired) electrons. The molecule has 0 spiro atoms. The maximum atomic E-state index is 11.5. The molecule has 2 N–H and O–H groups in total. The van der Waals surface area contributed by atoms with Crippen molar-refractivity contribution in [2.75, 3.05) is 20.0 Å². The Labute approximate surface area is 98.7 Å². The van der Waals surface area contributed by atoms with Crippen LogP contribution >= 0.6 is 0 Å². The SMILES string of the molecule is COC(=O)c1cc2cc(OC)c(N)cc2n1C. The Morgan fingerprint density at radius 3 is 2.59 bits per heavy atom. The molecule has 0 aliphatic rings. The van der Waals surface area contributed by atoms with Crippen molar-refractivity contribution in [1.82, 2.24) is 4.57 Å². The molecule has 0 aliphatic carbocycles. The Kier molecular flexibility index (Phi) is 2.67. The number of hydrogen-bond acceptors (Lipinski definition) is 4. The van der Waals surface area contributed by atoms with Crippen LogP contribution in [0.5, 0.6) is 5.75 Å². The third-order valence-electron chi connectivity index (χ3n) is 2.79. The number of aromatic nitrogens is 1. The van der Waals surface area contributed by atoms with Crippen LogP contribution in [0.25, 0.3) is 10.9 Å². The third kappa shape index (κ3) is 1.69. The zero-order valence-corrected chi connectivity index (χ0v) is 9.98. The van der Waals surface area contributed by atoms with Gasteiger partial charge in [-0.05, 0) is 18.2 Å². The lowest BCUT2D eigenvalue weighted by Crippen LogP contribution is -2.07. The highest BCUT2D eigenvalue weighted by Gasteiger charge is 2.15. The second-order valence-electron chi connectivity index (χ2n) is 3.73. The van der Waals surface area contributed by atoms with E-state index in [-0.39, 0.29) is 5.97 Å². The maximum absolute atomic E-state index is 11.5. The fraction of sp³-hybridized carbons (Fsp3) is 0.250. The van der Waals surface area contributed by atoms with Gasteiger partial charge in [-0.25, -0.2) is 4.79 Å². The summed E-state index contributed by atoms with van der Waals surface area (Å²) in [6, 6.07) is 5.33. The van der Waals surface area contributed by atoms with E-state index in [1.807, 2.05) is 0 Å². The monoisotopic (exact) mass is 234 g/mol. The standard InChI is InChI=1S/C12H14N2O3/c1-14-9-6-8(13)11(16-2)5-7(9)4-10(14)12(15)17-3/h4-6H,13H2,1-3H3. The van der Waals surface area contributed by atoms with Gasteiger partial charge in [-0.1, -0.05) is 0 Å². The molecule has 17 heavy (non-hydrogen) atoms. The molecule has 0 saturated carbocycles. The first-order valence-corrected chi connectivity index (χ1v) is 5.09. The van der Waals surface area contributed by atoms with Crippen LogP contribution in [0, 0.1) is 0 Å². The highest BCUT2D eigenvalue weighted by molar-refractivity contribution is 5.97. The van der Waals surface area contributed by atoms with E-state index in [0.717, 1.165) is 10.9 Å². The Balaban J connectivity index is 2.69. The average molecular weight is 234 g/mol. The van der Waals surface area contributed by atoms with Gasteiger partial charge < -0.3 is 19.8 Å². The van der Waals surface area contributed by atoms with Gasteiger partial charge in [-0.15, -0.1) is 0 Å². The smallest absolute Gasteiger partial charge is 0.354 e. The maximum Gasteiger partial charge on any atom is 0.354 e. The van der Waals surface area contributed by atoms with Gasteiger partial charge in [0.15, 0.2) is 0 Å². The Morgan fingerprint density at radius 1 is 1.29 bits per heavy atom. The molecule has 2 rings (SSSR count). The number of aryl methyl sites for hydroxylation is 1. The van der Waals surface area contributed by atoms with Crippen molar-refractivity contribution in [3.8, 4) is 5.75 Å². The van der Waals surface area contributed by atoms with Gasteiger partial charge in [0.1, 0.15) is 11.4 Å². The van der Waals surface area contributed by atoms with Gasteiger partial charge in [0.25, 0.3) is 0 Å². The van der Waals surface area contributed by atoms with Crippen LogP contribution in [0.1, 0.15) is 10.5 Å². The molecule has 0 atom stereocenters. The molecule has 5 nitrogen and oxygen atoms in total. The van der Waals surface area contributed by atoms with E-state index in [0.29, 0.717) is 17.1 Å². The Bertz CT molecular complexity index is 587. The molecule has 90 valence electrons. The summed E-state index contributed by atoms with van der Waals surface area (Å²) in [5.74, 6) is 0.223. The number of rotatable bonds is 2. The highest BCUT2D eigenvalue weighted by atomic mass is 16.5. The molecule has 0 aliphatic heterocycles. The number of anilines is 1. The highest BCUT2D eigenvalue weighted by Crippen LogP contribution is 2.29. The summed E-state index contributed by atoms with van der Waals surface area (Å²) >= 11 is 0. The lowest BCUT2D eigenvalue weighted by molar-refractivity contribution is 0.0590. The van der Waals surface area contributed by atoms with Gasteiger partial charge in [0.05, 0.1) is 25.4 Å². The van der Waals surface area contributed by atoms with Crippen molar-refractivity contribution in [1.29, 1.82) is 0 Å². The number of nitrogen functional groups attached to an aromatic ring is 1. The fourth-order valence-corrected chi connectivity index (χ4v) is 1.86. The van der Waals surface area contributed by atoms with Crippen LogP contribution in [0.2, 0.25) is 0 Å². The van der Waals surface area contributed by atoms with Crippen molar-refractivity contribution in [3.63, 3.8) is 0 Å². The minimum Gasteiger partial charge on any atom is -0.495 e. The molecule has 1 aromatic heterocycles. The van der Waals surface area contributed by atoms with E-state index in [4.69, 9.17) is 15.2 Å². The van der Waals surface area contributed by atoms with Crippen molar-refractivity contribution in [2.45, 2.75) is 0 Å². The normalized spacial score (nSPS) is 10.5. The van der Waals surface area contributed by atoms with Crippen LogP contribution in [-0.2, 0) is 11.8 Å². The van der Waals surface area contributed by atoms with E-state index in [2.05, 4.69) is 0 Å². The van der Waals surface area contributed by atoms with E-state index in [1.54, 1.807) is 36.9 Å². The number of nitrogens with two attached hydrogens (primary N) is 1. The van der Waals surface area contributed by atoms with Gasteiger partial charge in [0.2, 0.25) is 0 Å². The Hall–Kier alpha value is -2.17. The predicted octanol–water partition coefficient (Wildman–Crippen LogP) is 1.56. The summed E-state index contributed by atoms with van der Waals surface area (Å²) < 4.78 is 11.6. The third-order valence-corrected chi connectivity index (χ3v) is 2.79. The fourth-order valence-electron chi connectivity index (χ4n) is 1.86. The van der Waals surface area contributed by atoms with Crippen molar-refractivity contribution in [2.24, 2.45) is 7.05 Å². The first-order valence-electron chi connectivity index (χ1n) is 5.09. The number of nitrogens with zero attached hydrogens (tertiary/aromatic N) is 1. The Morgan fingerprint density at radius 2 is 2.00 bits per heavy atom. The van der Waals surface area contributed by atoms with Gasteiger partial charge >= 0.3 is 5.97 Å². The van der Waals surface area contributed by atoms with Crippen LogP contribution in [0.15, 0.2) is 18.2 Å². The summed E-state index contributed by atoms with van der Waals surface area (Å²) in [7, 11) is 4.71. The van der Waals surface area contributed by atoms with Crippen molar-refractivity contribution < 1.29 is 14.3 Å². The summed E-state index contributed by atoms with van der Waals surface area (Å²) in [4.78, 5) is 11.5. The zero-order chi connectivity index (χ0) is 12.6. The van der Waals surface area contributed by atoms with Crippen molar-refractivity contribution >= 4 is 22.6 Å². The number of esters is 1. The van der Waals surface area contributed by atoms with E-state index in [1.165, 1.54) is 7.11 Å². The first kappa shape index (κ1) is 11.3. The van der Waals surface area contributed by atoms with Crippen molar-refractivity contribution in [3.05, 3.63) is 23.9 Å². The number of carbonyl (C=O) groups is 1. The average Bonchev–Trinajstić information content (AvgIpc) is 2.65. The number of methoxy groups -OCH3 is 2. The summed E-state index contributed by atoms with van der Waals surface area (Å²) in [6.07, 6.45) is 0. The molecule has 0 saturated heterocycles. The molecule has 5 heteroatoms. The molecular formula is C12H14N2O3. The lowest BCUT2D eigenvalue weighted by atomic mass is 10.2. The first-order chi connectivity index (χ1) is 8.08. The topological polar surface area (TPSA) is 66.5 Å². The number of hydrogen-bond donors (Lipinski definition) is 1. The van der Waals surface area contributed by atoms with Crippen LogP contribution < -0.4 is 10.5 Å². The summed E-state index contributed by atoms with van der Waals surface area (Å²) in [6.45, 7) is 0. The molecule has 1 heterocycles. The second-order valence-corrected chi connectivity index (χ2v) is 3.73. The van der Waals surface area contributed by atoms with Crippen LogP contribution in [0.3, 0.4) is 0 Å². The second kappa shape index (κ2) is 4.01. The summed E-state index contributed by atoms with van der Waals surface area (Å²) in [5.41, 5.74) is 7.72. The number of carbonyl (C=O) groups excluding carboxylic acids is 1. The number of ether oxygens (including phenoxy) is 2. The number of fused-ring (bicyclic) bond motifs is 1. The van der Waals surface area contributed by atoms with Crippen LogP contribution in [0.4, 0.5) is 5.69 Å². The minimum atomic E-state index is -0.374. The lowest BCUT2D eigenvalue weighted by Gasteiger charge is -2.05. The molecule has 0 amide bonds. The number of benzene rings is 1. The zero-order valence-electron chi connectivity index (χ0n) is 9.98. The molecular weight excluding hydrogens is 220 g/mol. The van der Waals surface area contributed by atoms with E-state index < -0.39 is 0 Å². The largest absolute Gasteiger partial charge is 0.495 e. The molecule has 0 fully saturated rings. The molecule has 0 bridgehead atoms. The summed E-state index contributed by atoms with van der Waals surface area (Å²) in [5, 5.41) is 0.888. The quantitative estimate of drug-likeness (QED) is 0.632. The predicted molar refractivity (Wildman–Crippen MR) is 65.2 cm³/mol. The molecule has 2 aromatic rings. The molecule has 1 aromatic carbocycles. The van der Waals surface area contributed by atoms with Gasteiger partial charge in [0, 0.05) is 12.4 Å². The van der Waals surface area contributed by atoms with Crippen LogP contribution in [-0.4, -0.2) is 24.8 Å². The van der Waals surface area contributed by atoms with E-state index >= 15 is 0 Å². The van der Waals surface area contributed by atoms with Gasteiger partial charge in [-0.3, -0.25) is 0 Å². The minimum absolute atomic E-state index is 0.374. The molecule has 0 unspecified atom stereocenters. The van der Waals surface area contributed by atoms with E-state index in [9.17, 15) is 4.79 Å².